The first kappa shape index (κ1) is 9.35. The molecule has 1 atom stereocenters. The number of aromatic nitrogens is 2. The predicted molar refractivity (Wildman–Crippen MR) is 51.8 cm³/mol. The zero-order valence-electron chi connectivity index (χ0n) is 7.51. The van der Waals surface area contributed by atoms with E-state index in [1.54, 1.807) is 11.1 Å². The fraction of sp³-hybridized carbons (Fsp3) is 0.571. The van der Waals surface area contributed by atoms with Crippen molar-refractivity contribution < 1.29 is 4.79 Å². The van der Waals surface area contributed by atoms with Gasteiger partial charge in [-0.25, -0.2) is 4.79 Å². The number of primary amides is 1. The Morgan fingerprint density at radius 3 is 3.29 bits per heavy atom. The lowest BCUT2D eigenvalue weighted by atomic mass is 10.2. The van der Waals surface area contributed by atoms with Gasteiger partial charge >= 0.3 is 6.03 Å². The lowest BCUT2D eigenvalue weighted by molar-refractivity contribution is 0.168. The standard InChI is InChI=1S/C7H11N5OS/c8-7(13)12-2-1-9-3-5(12)6-4-10-11-14-6/h4-5,9H,1-3H2,(H2,8,13). The van der Waals surface area contributed by atoms with Gasteiger partial charge in [0.25, 0.3) is 0 Å². The fourth-order valence-electron chi connectivity index (χ4n) is 1.54. The quantitative estimate of drug-likeness (QED) is 0.662. The van der Waals surface area contributed by atoms with Crippen LogP contribution in [0.4, 0.5) is 4.79 Å². The fourth-order valence-corrected chi connectivity index (χ4v) is 2.16. The molecule has 1 aliphatic heterocycles. The summed E-state index contributed by atoms with van der Waals surface area (Å²) in [6.45, 7) is 2.14. The van der Waals surface area contributed by atoms with Crippen molar-refractivity contribution >= 4 is 17.6 Å². The van der Waals surface area contributed by atoms with Gasteiger partial charge in [-0.05, 0) is 11.5 Å². The van der Waals surface area contributed by atoms with Gasteiger partial charge in [-0.3, -0.25) is 0 Å². The maximum atomic E-state index is 11.1. The van der Waals surface area contributed by atoms with E-state index < -0.39 is 0 Å². The summed E-state index contributed by atoms with van der Waals surface area (Å²) in [6, 6.07) is -0.397. The minimum absolute atomic E-state index is 0.0127. The predicted octanol–water partition coefficient (Wildman–Crippen LogP) is -0.437. The maximum Gasteiger partial charge on any atom is 0.315 e. The average Bonchev–Trinajstić information content (AvgIpc) is 2.70. The Hall–Kier alpha value is -1.21. The van der Waals surface area contributed by atoms with Crippen molar-refractivity contribution in [1.29, 1.82) is 0 Å². The molecule has 76 valence electrons. The largest absolute Gasteiger partial charge is 0.351 e. The number of hydrogen-bond donors (Lipinski definition) is 2. The van der Waals surface area contributed by atoms with Crippen molar-refractivity contribution in [3.8, 4) is 0 Å². The molecule has 1 aliphatic rings. The van der Waals surface area contributed by atoms with E-state index in [2.05, 4.69) is 14.9 Å². The lowest BCUT2D eigenvalue weighted by Crippen LogP contribution is -2.50. The number of nitrogens with two attached hydrogens (primary N) is 1. The monoisotopic (exact) mass is 213 g/mol. The van der Waals surface area contributed by atoms with Crippen LogP contribution in [0.3, 0.4) is 0 Å². The summed E-state index contributed by atoms with van der Waals surface area (Å²) in [5, 5.41) is 6.96. The molecular weight excluding hydrogens is 202 g/mol. The highest BCUT2D eigenvalue weighted by atomic mass is 32.1. The van der Waals surface area contributed by atoms with Gasteiger partial charge in [0, 0.05) is 19.6 Å². The molecule has 2 amide bonds. The molecule has 0 bridgehead atoms. The van der Waals surface area contributed by atoms with E-state index in [0.717, 1.165) is 11.4 Å². The Balaban J connectivity index is 2.18. The maximum absolute atomic E-state index is 11.1. The number of hydrogen-bond acceptors (Lipinski definition) is 5. The van der Waals surface area contributed by atoms with Gasteiger partial charge in [0.1, 0.15) is 0 Å². The van der Waals surface area contributed by atoms with Crippen LogP contribution in [0, 0.1) is 0 Å². The summed E-state index contributed by atoms with van der Waals surface area (Å²) in [6.07, 6.45) is 1.68. The highest BCUT2D eigenvalue weighted by Crippen LogP contribution is 2.23. The molecule has 0 aliphatic carbocycles. The van der Waals surface area contributed by atoms with Crippen molar-refractivity contribution in [2.24, 2.45) is 5.73 Å². The molecular formula is C7H11N5OS. The van der Waals surface area contributed by atoms with Crippen molar-refractivity contribution in [3.63, 3.8) is 0 Å². The third-order valence-corrected chi connectivity index (χ3v) is 3.00. The van der Waals surface area contributed by atoms with E-state index in [1.807, 2.05) is 0 Å². The van der Waals surface area contributed by atoms with Crippen LogP contribution in [0.2, 0.25) is 0 Å². The molecule has 0 radical (unpaired) electrons. The first-order valence-corrected chi connectivity index (χ1v) is 5.10. The molecule has 2 rings (SSSR count). The summed E-state index contributed by atoms with van der Waals surface area (Å²) in [4.78, 5) is 13.8. The number of amides is 2. The van der Waals surface area contributed by atoms with E-state index in [0.29, 0.717) is 13.1 Å². The van der Waals surface area contributed by atoms with Crippen LogP contribution < -0.4 is 11.1 Å². The summed E-state index contributed by atoms with van der Waals surface area (Å²) >= 11 is 1.30. The summed E-state index contributed by atoms with van der Waals surface area (Å²) in [5.41, 5.74) is 5.29. The molecule has 1 fully saturated rings. The third-order valence-electron chi connectivity index (χ3n) is 2.23. The Labute approximate surface area is 85.3 Å². The SMILES string of the molecule is NC(=O)N1CCNCC1c1cnns1. The number of nitrogens with one attached hydrogen (secondary N) is 1. The van der Waals surface area contributed by atoms with Gasteiger partial charge in [-0.15, -0.1) is 5.10 Å². The number of rotatable bonds is 1. The summed E-state index contributed by atoms with van der Waals surface area (Å²) in [7, 11) is 0. The topological polar surface area (TPSA) is 84.1 Å². The molecule has 2 heterocycles. The molecule has 1 saturated heterocycles. The van der Waals surface area contributed by atoms with E-state index in [4.69, 9.17) is 5.73 Å². The Morgan fingerprint density at radius 1 is 1.79 bits per heavy atom. The van der Waals surface area contributed by atoms with Gasteiger partial charge in [0.2, 0.25) is 0 Å². The van der Waals surface area contributed by atoms with Gasteiger partial charge in [0.05, 0.1) is 17.1 Å². The Morgan fingerprint density at radius 2 is 2.64 bits per heavy atom. The number of carbonyl (C=O) groups is 1. The molecule has 1 aromatic rings. The van der Waals surface area contributed by atoms with Crippen LogP contribution in [-0.2, 0) is 0 Å². The van der Waals surface area contributed by atoms with Crippen molar-refractivity contribution in [1.82, 2.24) is 19.8 Å². The molecule has 14 heavy (non-hydrogen) atoms. The second-order valence-electron chi connectivity index (χ2n) is 3.07. The van der Waals surface area contributed by atoms with E-state index >= 15 is 0 Å². The van der Waals surface area contributed by atoms with E-state index in [-0.39, 0.29) is 12.1 Å². The molecule has 0 spiro atoms. The van der Waals surface area contributed by atoms with Crippen molar-refractivity contribution in [3.05, 3.63) is 11.1 Å². The van der Waals surface area contributed by atoms with Crippen molar-refractivity contribution in [2.75, 3.05) is 19.6 Å². The minimum Gasteiger partial charge on any atom is -0.351 e. The lowest BCUT2D eigenvalue weighted by Gasteiger charge is -2.33. The van der Waals surface area contributed by atoms with Crippen LogP contribution in [0.5, 0.6) is 0 Å². The zero-order chi connectivity index (χ0) is 9.97. The third kappa shape index (κ3) is 1.68. The van der Waals surface area contributed by atoms with Gasteiger partial charge in [-0.2, -0.15) is 0 Å². The van der Waals surface area contributed by atoms with Gasteiger partial charge in [-0.1, -0.05) is 4.49 Å². The number of nitrogens with zero attached hydrogens (tertiary/aromatic N) is 3. The van der Waals surface area contributed by atoms with E-state index in [1.165, 1.54) is 11.5 Å². The smallest absolute Gasteiger partial charge is 0.315 e. The zero-order valence-corrected chi connectivity index (χ0v) is 8.33. The molecule has 3 N–H and O–H groups in total. The van der Waals surface area contributed by atoms with Crippen LogP contribution in [-0.4, -0.2) is 40.2 Å². The highest BCUT2D eigenvalue weighted by molar-refractivity contribution is 7.05. The highest BCUT2D eigenvalue weighted by Gasteiger charge is 2.27. The van der Waals surface area contributed by atoms with Crippen LogP contribution in [0.1, 0.15) is 10.9 Å². The second kappa shape index (κ2) is 3.89. The van der Waals surface area contributed by atoms with Crippen LogP contribution in [0.25, 0.3) is 0 Å². The minimum atomic E-state index is -0.384. The number of piperazine rings is 1. The molecule has 7 heteroatoms. The molecule has 6 nitrogen and oxygen atoms in total. The molecule has 0 aromatic carbocycles. The molecule has 1 aromatic heterocycles. The summed E-state index contributed by atoms with van der Waals surface area (Å²) < 4.78 is 3.78. The average molecular weight is 213 g/mol. The van der Waals surface area contributed by atoms with Gasteiger partial charge < -0.3 is 16.0 Å². The Bertz CT molecular complexity index is 314. The van der Waals surface area contributed by atoms with Gasteiger partial charge in [0.15, 0.2) is 0 Å². The number of carbonyl (C=O) groups excluding carboxylic acids is 1. The summed E-state index contributed by atoms with van der Waals surface area (Å²) in [5.74, 6) is 0. The molecule has 0 saturated carbocycles. The normalized spacial score (nSPS) is 22.3. The van der Waals surface area contributed by atoms with Crippen LogP contribution in [0.15, 0.2) is 6.20 Å². The number of urea groups is 1. The second-order valence-corrected chi connectivity index (χ2v) is 3.89. The van der Waals surface area contributed by atoms with Crippen molar-refractivity contribution in [2.45, 2.75) is 6.04 Å². The first-order valence-electron chi connectivity index (χ1n) is 4.33. The van der Waals surface area contributed by atoms with E-state index in [9.17, 15) is 4.79 Å². The first-order chi connectivity index (χ1) is 6.79. The Kier molecular flexibility index (Phi) is 2.60. The molecule has 1 unspecified atom stereocenters. The van der Waals surface area contributed by atoms with Crippen LogP contribution >= 0.6 is 11.5 Å².